The Morgan fingerprint density at radius 2 is 1.39 bits per heavy atom. The van der Waals surface area contributed by atoms with Crippen LogP contribution in [0.3, 0.4) is 0 Å². The summed E-state index contributed by atoms with van der Waals surface area (Å²) in [5, 5.41) is 0.737. The van der Waals surface area contributed by atoms with E-state index in [-0.39, 0.29) is 30.4 Å². The van der Waals surface area contributed by atoms with Crippen molar-refractivity contribution in [1.29, 1.82) is 0 Å². The first kappa shape index (κ1) is 26.2. The molecule has 0 saturated carbocycles. The van der Waals surface area contributed by atoms with Crippen LogP contribution in [0.2, 0.25) is 5.02 Å². The molecule has 0 radical (unpaired) electrons. The van der Waals surface area contributed by atoms with Gasteiger partial charge in [0.1, 0.15) is 0 Å². The highest BCUT2D eigenvalue weighted by Gasteiger charge is 2.25. The van der Waals surface area contributed by atoms with Gasteiger partial charge in [0.15, 0.2) is 5.78 Å². The zero-order chi connectivity index (χ0) is 26.5. The molecule has 2 heterocycles. The van der Waals surface area contributed by atoms with E-state index in [9.17, 15) is 14.4 Å². The van der Waals surface area contributed by atoms with Gasteiger partial charge in [-0.3, -0.25) is 14.4 Å². The summed E-state index contributed by atoms with van der Waals surface area (Å²) < 4.78 is 0. The molecule has 5 nitrogen and oxygen atoms in total. The van der Waals surface area contributed by atoms with E-state index in [4.69, 9.17) is 11.6 Å². The predicted octanol–water partition coefficient (Wildman–Crippen LogP) is 5.95. The lowest BCUT2D eigenvalue weighted by Crippen LogP contribution is -2.38. The van der Waals surface area contributed by atoms with Crippen LogP contribution in [0.5, 0.6) is 0 Å². The second kappa shape index (κ2) is 12.0. The molecule has 0 unspecified atom stereocenters. The Bertz CT molecular complexity index is 1300. The van der Waals surface area contributed by atoms with Crippen LogP contribution < -0.4 is 0 Å². The molecule has 3 aromatic carbocycles. The summed E-state index contributed by atoms with van der Waals surface area (Å²) in [6, 6.07) is 23.2. The zero-order valence-electron chi connectivity index (χ0n) is 21.6. The number of carbonyl (C=O) groups is 3. The molecule has 2 aliphatic heterocycles. The largest absolute Gasteiger partial charge is 0.343 e. The molecule has 1 saturated heterocycles. The lowest BCUT2D eigenvalue weighted by molar-refractivity contribution is -0.132. The van der Waals surface area contributed by atoms with Gasteiger partial charge in [-0.05, 0) is 78.6 Å². The van der Waals surface area contributed by atoms with Crippen LogP contribution >= 0.6 is 11.6 Å². The highest BCUT2D eigenvalue weighted by molar-refractivity contribution is 6.30. The third kappa shape index (κ3) is 6.16. The molecule has 0 bridgehead atoms. The summed E-state index contributed by atoms with van der Waals surface area (Å²) in [6.45, 7) is 2.73. The Hall–Kier alpha value is -3.44. The minimum atomic E-state index is -0.00124. The molecule has 196 valence electrons. The monoisotopic (exact) mass is 528 g/mol. The van der Waals surface area contributed by atoms with Crippen molar-refractivity contribution in [3.05, 3.63) is 106 Å². The number of Topliss-reactive ketones (excluding diaryl/α,β-unsaturated/α-hetero) is 1. The van der Waals surface area contributed by atoms with E-state index in [0.29, 0.717) is 30.1 Å². The van der Waals surface area contributed by atoms with Gasteiger partial charge < -0.3 is 9.80 Å². The van der Waals surface area contributed by atoms with E-state index in [1.54, 1.807) is 0 Å². The van der Waals surface area contributed by atoms with Gasteiger partial charge in [0, 0.05) is 55.2 Å². The number of rotatable bonds is 6. The zero-order valence-corrected chi connectivity index (χ0v) is 22.3. The van der Waals surface area contributed by atoms with Gasteiger partial charge in [-0.15, -0.1) is 0 Å². The summed E-state index contributed by atoms with van der Waals surface area (Å²) >= 11 is 6.01. The molecule has 2 aliphatic rings. The van der Waals surface area contributed by atoms with E-state index < -0.39 is 0 Å². The van der Waals surface area contributed by atoms with Crippen molar-refractivity contribution in [3.63, 3.8) is 0 Å². The minimum Gasteiger partial charge on any atom is -0.343 e. The molecule has 0 N–H and O–H groups in total. The van der Waals surface area contributed by atoms with Gasteiger partial charge in [0.25, 0.3) is 5.91 Å². The standard InChI is InChI=1S/C32H33ClN2O3/c33-29-10-8-23(9-11-29)25-14-18-34(19-15-25)31(37)13-12-30(36)28-7-6-24-16-20-35(21-17-27(24)22-28)32(38)26-4-2-1-3-5-26/h1-11,22,25H,12-21H2. The summed E-state index contributed by atoms with van der Waals surface area (Å²) in [5.41, 5.74) is 4.93. The highest BCUT2D eigenvalue weighted by Crippen LogP contribution is 2.29. The fraction of sp³-hybridized carbons (Fsp3) is 0.344. The summed E-state index contributed by atoms with van der Waals surface area (Å²) in [4.78, 5) is 42.5. The van der Waals surface area contributed by atoms with Crippen LogP contribution in [0.25, 0.3) is 0 Å². The number of carbonyl (C=O) groups excluding carboxylic acids is 3. The maximum Gasteiger partial charge on any atom is 0.253 e. The van der Waals surface area contributed by atoms with Crippen molar-refractivity contribution in [2.24, 2.45) is 0 Å². The number of halogens is 1. The third-order valence-corrected chi connectivity index (χ3v) is 8.15. The maximum atomic E-state index is 13.0. The van der Waals surface area contributed by atoms with Crippen LogP contribution in [0.4, 0.5) is 0 Å². The highest BCUT2D eigenvalue weighted by atomic mass is 35.5. The van der Waals surface area contributed by atoms with Crippen molar-refractivity contribution in [1.82, 2.24) is 9.80 Å². The SMILES string of the molecule is O=C(CCC(=O)N1CCC(c2ccc(Cl)cc2)CC1)c1ccc2c(c1)CCN(C(=O)c1ccccc1)CC2. The fourth-order valence-corrected chi connectivity index (χ4v) is 5.71. The van der Waals surface area contributed by atoms with E-state index in [0.717, 1.165) is 49.4 Å². The molecule has 38 heavy (non-hydrogen) atoms. The van der Waals surface area contributed by atoms with Gasteiger partial charge in [0.2, 0.25) is 5.91 Å². The van der Waals surface area contributed by atoms with Crippen LogP contribution in [0, 0.1) is 0 Å². The number of likely N-dealkylation sites (tertiary alicyclic amines) is 1. The van der Waals surface area contributed by atoms with Gasteiger partial charge in [-0.1, -0.05) is 54.1 Å². The number of benzene rings is 3. The molecule has 0 spiro atoms. The second-order valence-corrected chi connectivity index (χ2v) is 10.7. The van der Waals surface area contributed by atoms with E-state index in [1.807, 2.05) is 70.5 Å². The molecule has 1 fully saturated rings. The van der Waals surface area contributed by atoms with Crippen molar-refractivity contribution in [3.8, 4) is 0 Å². The fourth-order valence-electron chi connectivity index (χ4n) is 5.59. The number of fused-ring (bicyclic) bond motifs is 1. The Kier molecular flexibility index (Phi) is 8.23. The molecule has 3 aromatic rings. The first-order valence-electron chi connectivity index (χ1n) is 13.5. The normalized spacial score (nSPS) is 16.0. The smallest absolute Gasteiger partial charge is 0.253 e. The van der Waals surface area contributed by atoms with Gasteiger partial charge in [0.05, 0.1) is 0 Å². The molecular weight excluding hydrogens is 496 g/mol. The molecule has 0 atom stereocenters. The maximum absolute atomic E-state index is 13.0. The van der Waals surface area contributed by atoms with Gasteiger partial charge in [-0.2, -0.15) is 0 Å². The number of hydrogen-bond acceptors (Lipinski definition) is 3. The first-order valence-corrected chi connectivity index (χ1v) is 13.9. The molecule has 6 heteroatoms. The summed E-state index contributed by atoms with van der Waals surface area (Å²) in [6.07, 6.45) is 3.80. The summed E-state index contributed by atoms with van der Waals surface area (Å²) in [5.74, 6) is 0.540. The number of amides is 2. The third-order valence-electron chi connectivity index (χ3n) is 7.89. The number of piperidine rings is 1. The minimum absolute atomic E-state index is 0.00124. The molecular formula is C32H33ClN2O3. The Morgan fingerprint density at radius 1 is 0.711 bits per heavy atom. The lowest BCUT2D eigenvalue weighted by atomic mass is 9.89. The van der Waals surface area contributed by atoms with E-state index >= 15 is 0 Å². The van der Waals surface area contributed by atoms with Crippen molar-refractivity contribution in [2.45, 2.75) is 44.4 Å². The topological polar surface area (TPSA) is 57.7 Å². The first-order chi connectivity index (χ1) is 18.5. The lowest BCUT2D eigenvalue weighted by Gasteiger charge is -2.32. The number of nitrogens with zero attached hydrogens (tertiary/aromatic N) is 2. The molecule has 0 aliphatic carbocycles. The van der Waals surface area contributed by atoms with Gasteiger partial charge in [-0.25, -0.2) is 0 Å². The molecule has 0 aromatic heterocycles. The molecule has 2 amide bonds. The Morgan fingerprint density at radius 3 is 2.11 bits per heavy atom. The van der Waals surface area contributed by atoms with E-state index in [1.165, 1.54) is 11.1 Å². The second-order valence-electron chi connectivity index (χ2n) is 10.3. The van der Waals surface area contributed by atoms with Crippen molar-refractivity contribution >= 4 is 29.2 Å². The van der Waals surface area contributed by atoms with Crippen LogP contribution in [-0.4, -0.2) is 53.6 Å². The van der Waals surface area contributed by atoms with Crippen molar-refractivity contribution in [2.75, 3.05) is 26.2 Å². The quantitative estimate of drug-likeness (QED) is 0.371. The average molecular weight is 529 g/mol. The Balaban J connectivity index is 1.12. The number of ketones is 1. The average Bonchev–Trinajstić information content (AvgIpc) is 3.18. The Labute approximate surface area is 229 Å². The van der Waals surface area contributed by atoms with Gasteiger partial charge >= 0.3 is 0 Å². The van der Waals surface area contributed by atoms with Crippen LogP contribution in [0.15, 0.2) is 72.8 Å². The van der Waals surface area contributed by atoms with Crippen LogP contribution in [-0.2, 0) is 17.6 Å². The number of hydrogen-bond donors (Lipinski definition) is 0. The van der Waals surface area contributed by atoms with Crippen LogP contribution in [0.1, 0.15) is 69.0 Å². The molecule has 5 rings (SSSR count). The summed E-state index contributed by atoms with van der Waals surface area (Å²) in [7, 11) is 0. The van der Waals surface area contributed by atoms with E-state index in [2.05, 4.69) is 12.1 Å². The van der Waals surface area contributed by atoms with Crippen molar-refractivity contribution < 1.29 is 14.4 Å². The predicted molar refractivity (Wildman–Crippen MR) is 150 cm³/mol.